The Morgan fingerprint density at radius 2 is 2.06 bits per heavy atom. The van der Waals surface area contributed by atoms with Gasteiger partial charge in [-0.2, -0.15) is 5.10 Å². The molecule has 1 aromatic carbocycles. The van der Waals surface area contributed by atoms with Crippen molar-refractivity contribution < 1.29 is 14.3 Å². The summed E-state index contributed by atoms with van der Waals surface area (Å²) in [5, 5.41) is 9.83. The Balaban J connectivity index is 1.44. The smallest absolute Gasteiger partial charge is 0.255 e. The molecule has 2 aliphatic rings. The summed E-state index contributed by atoms with van der Waals surface area (Å²) in [7, 11) is 3.74. The molecule has 1 aliphatic carbocycles. The first-order valence-corrected chi connectivity index (χ1v) is 12.6. The van der Waals surface area contributed by atoms with Crippen molar-refractivity contribution in [1.29, 1.82) is 0 Å². The maximum atomic E-state index is 13.6. The normalized spacial score (nSPS) is 18.4. The van der Waals surface area contributed by atoms with Crippen LogP contribution in [0.4, 0.5) is 5.69 Å². The Hall–Kier alpha value is -3.20. The highest BCUT2D eigenvalue weighted by Gasteiger charge is 2.27. The predicted octanol–water partition coefficient (Wildman–Crippen LogP) is 3.98. The van der Waals surface area contributed by atoms with Crippen LogP contribution >= 0.6 is 0 Å². The van der Waals surface area contributed by atoms with Crippen molar-refractivity contribution in [3.8, 4) is 0 Å². The first-order chi connectivity index (χ1) is 17.0. The van der Waals surface area contributed by atoms with Gasteiger partial charge in [-0.05, 0) is 55.7 Å². The lowest BCUT2D eigenvalue weighted by Crippen LogP contribution is -2.29. The summed E-state index contributed by atoms with van der Waals surface area (Å²) in [6, 6.07) is 3.68. The molecule has 9 heteroatoms. The molecule has 0 spiro atoms. The molecule has 3 aromatic rings. The van der Waals surface area contributed by atoms with Gasteiger partial charge in [-0.25, -0.2) is 4.98 Å². The molecule has 2 N–H and O–H groups in total. The SMILES string of the molecule is CN(CCc1cn[nH]c1)C(=O)c1cc(NC(=O)CC2CCCC2)cc2nc([C@@H]3CCCO3)n(C)c12. The number of imidazole rings is 1. The second kappa shape index (κ2) is 10.2. The molecule has 1 aliphatic heterocycles. The first-order valence-electron chi connectivity index (χ1n) is 12.6. The van der Waals surface area contributed by atoms with Crippen molar-refractivity contribution in [1.82, 2.24) is 24.6 Å². The molecule has 5 rings (SSSR count). The third-order valence-corrected chi connectivity index (χ3v) is 7.32. The highest BCUT2D eigenvalue weighted by molar-refractivity contribution is 6.07. The van der Waals surface area contributed by atoms with Gasteiger partial charge in [0.25, 0.3) is 5.91 Å². The van der Waals surface area contributed by atoms with E-state index in [1.807, 2.05) is 23.9 Å². The number of carbonyl (C=O) groups is 2. The number of carbonyl (C=O) groups excluding carboxylic acids is 2. The van der Waals surface area contributed by atoms with Gasteiger partial charge in [0.2, 0.25) is 5.91 Å². The number of aromatic nitrogens is 4. The molecule has 1 saturated carbocycles. The lowest BCUT2D eigenvalue weighted by atomic mass is 10.0. The van der Waals surface area contributed by atoms with Crippen LogP contribution in [0.5, 0.6) is 0 Å². The van der Waals surface area contributed by atoms with Gasteiger partial charge in [0.05, 0.1) is 22.8 Å². The Kier molecular flexibility index (Phi) is 6.86. The molecule has 0 bridgehead atoms. The monoisotopic (exact) mass is 478 g/mol. The number of nitrogens with zero attached hydrogens (tertiary/aromatic N) is 4. The average Bonchev–Trinajstić information content (AvgIpc) is 3.65. The second-order valence-corrected chi connectivity index (χ2v) is 9.91. The van der Waals surface area contributed by atoms with Crippen molar-refractivity contribution >= 4 is 28.5 Å². The third kappa shape index (κ3) is 5.10. The number of hydrogen-bond donors (Lipinski definition) is 2. The van der Waals surface area contributed by atoms with Crippen LogP contribution in [0.3, 0.4) is 0 Å². The molecule has 2 amide bonds. The largest absolute Gasteiger partial charge is 0.370 e. The van der Waals surface area contributed by atoms with E-state index < -0.39 is 0 Å². The van der Waals surface area contributed by atoms with Crippen molar-refractivity contribution in [3.05, 3.63) is 41.5 Å². The number of fused-ring (bicyclic) bond motifs is 1. The van der Waals surface area contributed by atoms with E-state index in [0.29, 0.717) is 42.1 Å². The lowest BCUT2D eigenvalue weighted by Gasteiger charge is -2.19. The fraction of sp³-hybridized carbons (Fsp3) is 0.538. The molecular formula is C26H34N6O3. The molecule has 1 saturated heterocycles. The van der Waals surface area contributed by atoms with Gasteiger partial charge in [0.1, 0.15) is 11.9 Å². The Morgan fingerprint density at radius 1 is 1.23 bits per heavy atom. The number of amides is 2. The van der Waals surface area contributed by atoms with Crippen LogP contribution in [0.2, 0.25) is 0 Å². The quantitative estimate of drug-likeness (QED) is 0.509. The van der Waals surface area contributed by atoms with Crippen LogP contribution < -0.4 is 5.32 Å². The van der Waals surface area contributed by atoms with Gasteiger partial charge in [-0.3, -0.25) is 14.7 Å². The molecule has 2 aromatic heterocycles. The fourth-order valence-corrected chi connectivity index (χ4v) is 5.38. The molecule has 186 valence electrons. The summed E-state index contributed by atoms with van der Waals surface area (Å²) >= 11 is 0. The first kappa shape index (κ1) is 23.5. The van der Waals surface area contributed by atoms with Crippen LogP contribution in [-0.4, -0.2) is 56.7 Å². The number of aromatic amines is 1. The van der Waals surface area contributed by atoms with E-state index in [4.69, 9.17) is 9.72 Å². The number of hydrogen-bond acceptors (Lipinski definition) is 5. The summed E-state index contributed by atoms with van der Waals surface area (Å²) in [6.07, 6.45) is 11.3. The van der Waals surface area contributed by atoms with Gasteiger partial charge in [0.15, 0.2) is 0 Å². The topological polar surface area (TPSA) is 105 Å². The second-order valence-electron chi connectivity index (χ2n) is 9.91. The zero-order valence-electron chi connectivity index (χ0n) is 20.5. The molecule has 1 atom stereocenters. The van der Waals surface area contributed by atoms with Crippen LogP contribution in [-0.2, 0) is 23.0 Å². The molecule has 35 heavy (non-hydrogen) atoms. The molecule has 3 heterocycles. The number of aryl methyl sites for hydroxylation is 1. The summed E-state index contributed by atoms with van der Waals surface area (Å²) in [6.45, 7) is 1.27. The Bertz CT molecular complexity index is 1190. The van der Waals surface area contributed by atoms with E-state index >= 15 is 0 Å². The summed E-state index contributed by atoms with van der Waals surface area (Å²) in [5.41, 5.74) is 3.66. The number of ether oxygens (including phenoxy) is 1. The van der Waals surface area contributed by atoms with Crippen LogP contribution in [0.1, 0.15) is 72.8 Å². The minimum absolute atomic E-state index is 0.00163. The van der Waals surface area contributed by atoms with Gasteiger partial charge < -0.3 is 19.5 Å². The summed E-state index contributed by atoms with van der Waals surface area (Å²) < 4.78 is 7.87. The number of likely N-dealkylation sites (N-methyl/N-ethyl adjacent to an activating group) is 1. The van der Waals surface area contributed by atoms with Crippen molar-refractivity contribution in [2.24, 2.45) is 13.0 Å². The number of anilines is 1. The highest BCUT2D eigenvalue weighted by Crippen LogP contribution is 2.33. The van der Waals surface area contributed by atoms with Gasteiger partial charge in [0, 0.05) is 45.6 Å². The Morgan fingerprint density at radius 3 is 2.77 bits per heavy atom. The number of benzene rings is 1. The molecule has 9 nitrogen and oxygen atoms in total. The predicted molar refractivity (Wildman–Crippen MR) is 133 cm³/mol. The number of nitrogens with one attached hydrogen (secondary N) is 2. The van der Waals surface area contributed by atoms with Crippen molar-refractivity contribution in [3.63, 3.8) is 0 Å². The minimum Gasteiger partial charge on any atom is -0.370 e. The summed E-state index contributed by atoms with van der Waals surface area (Å²) in [5.74, 6) is 1.17. The van der Waals surface area contributed by atoms with Gasteiger partial charge in [-0.1, -0.05) is 12.8 Å². The van der Waals surface area contributed by atoms with Crippen LogP contribution in [0.25, 0.3) is 11.0 Å². The maximum absolute atomic E-state index is 13.6. The van der Waals surface area contributed by atoms with E-state index in [9.17, 15) is 9.59 Å². The number of rotatable bonds is 8. The van der Waals surface area contributed by atoms with Crippen LogP contribution in [0.15, 0.2) is 24.5 Å². The van der Waals surface area contributed by atoms with E-state index in [-0.39, 0.29) is 17.9 Å². The average molecular weight is 479 g/mol. The zero-order chi connectivity index (χ0) is 24.4. The maximum Gasteiger partial charge on any atom is 0.255 e. The molecule has 0 unspecified atom stereocenters. The number of H-pyrrole nitrogens is 1. The van der Waals surface area contributed by atoms with E-state index in [0.717, 1.165) is 49.2 Å². The van der Waals surface area contributed by atoms with Crippen molar-refractivity contribution in [2.75, 3.05) is 25.5 Å². The highest BCUT2D eigenvalue weighted by atomic mass is 16.5. The zero-order valence-corrected chi connectivity index (χ0v) is 20.5. The molecule has 0 radical (unpaired) electrons. The summed E-state index contributed by atoms with van der Waals surface area (Å²) in [4.78, 5) is 33.0. The third-order valence-electron chi connectivity index (χ3n) is 7.32. The van der Waals surface area contributed by atoms with Crippen LogP contribution in [0, 0.1) is 5.92 Å². The fourth-order valence-electron chi connectivity index (χ4n) is 5.38. The van der Waals surface area contributed by atoms with Crippen molar-refractivity contribution in [2.45, 2.75) is 57.5 Å². The van der Waals surface area contributed by atoms with E-state index in [1.54, 1.807) is 24.2 Å². The lowest BCUT2D eigenvalue weighted by molar-refractivity contribution is -0.117. The van der Waals surface area contributed by atoms with E-state index in [1.165, 1.54) is 12.8 Å². The Labute approximate surface area is 205 Å². The molecular weight excluding hydrogens is 444 g/mol. The van der Waals surface area contributed by atoms with Gasteiger partial charge in [-0.15, -0.1) is 0 Å². The molecule has 2 fully saturated rings. The standard InChI is InChI=1S/C26H34N6O3/c1-31(10-9-18-15-27-28-16-18)26(34)20-13-19(29-23(33)12-17-6-3-4-7-17)14-21-24(20)32(2)25(30-21)22-8-5-11-35-22/h13-17,22H,3-12H2,1-2H3,(H,27,28)(H,29,33)/t22-/m0/s1. The minimum atomic E-state index is -0.104. The van der Waals surface area contributed by atoms with E-state index in [2.05, 4.69) is 15.5 Å². The van der Waals surface area contributed by atoms with Gasteiger partial charge >= 0.3 is 0 Å².